The fraction of sp³-hybridized carbons (Fsp3) is 0.400. The minimum atomic E-state index is -2.86. The van der Waals surface area contributed by atoms with Gasteiger partial charge in [0.2, 0.25) is 0 Å². The van der Waals surface area contributed by atoms with Crippen LogP contribution in [-0.4, -0.2) is 33.0 Å². The summed E-state index contributed by atoms with van der Waals surface area (Å²) in [6, 6.07) is 5.23. The van der Waals surface area contributed by atoms with Crippen molar-refractivity contribution in [3.63, 3.8) is 0 Å². The molecule has 0 bridgehead atoms. The third-order valence-electron chi connectivity index (χ3n) is 2.68. The first-order valence-electron chi connectivity index (χ1n) is 4.98. The SMILES string of the molecule is Nc1ccc(Cl)cc1N1CCS(=O)(=O)CC1. The van der Waals surface area contributed by atoms with Gasteiger partial charge < -0.3 is 10.6 Å². The van der Waals surface area contributed by atoms with Crippen molar-refractivity contribution < 1.29 is 8.42 Å². The summed E-state index contributed by atoms with van der Waals surface area (Å²) in [6.07, 6.45) is 0. The number of anilines is 2. The lowest BCUT2D eigenvalue weighted by molar-refractivity contribution is 0.587. The first-order valence-corrected chi connectivity index (χ1v) is 7.18. The van der Waals surface area contributed by atoms with Gasteiger partial charge in [0.1, 0.15) is 0 Å². The first-order chi connectivity index (χ1) is 7.48. The Morgan fingerprint density at radius 3 is 2.50 bits per heavy atom. The zero-order valence-corrected chi connectivity index (χ0v) is 10.3. The van der Waals surface area contributed by atoms with E-state index in [4.69, 9.17) is 17.3 Å². The van der Waals surface area contributed by atoms with Crippen LogP contribution in [-0.2, 0) is 9.84 Å². The van der Waals surface area contributed by atoms with E-state index in [1.54, 1.807) is 18.2 Å². The van der Waals surface area contributed by atoms with Crippen molar-refractivity contribution in [3.8, 4) is 0 Å². The highest BCUT2D eigenvalue weighted by Crippen LogP contribution is 2.27. The van der Waals surface area contributed by atoms with Gasteiger partial charge in [-0.25, -0.2) is 8.42 Å². The number of hydrogen-bond acceptors (Lipinski definition) is 4. The molecule has 16 heavy (non-hydrogen) atoms. The molecule has 0 atom stereocenters. The Kier molecular flexibility index (Phi) is 2.99. The lowest BCUT2D eigenvalue weighted by atomic mass is 10.2. The van der Waals surface area contributed by atoms with Crippen LogP contribution < -0.4 is 10.6 Å². The molecule has 0 amide bonds. The summed E-state index contributed by atoms with van der Waals surface area (Å²) in [4.78, 5) is 1.96. The summed E-state index contributed by atoms with van der Waals surface area (Å²) in [5.74, 6) is 0.359. The highest BCUT2D eigenvalue weighted by molar-refractivity contribution is 7.91. The van der Waals surface area contributed by atoms with Crippen molar-refractivity contribution in [1.82, 2.24) is 0 Å². The molecule has 2 rings (SSSR count). The first kappa shape index (κ1) is 11.5. The number of hydrogen-bond donors (Lipinski definition) is 1. The standard InChI is InChI=1S/C10H13ClN2O2S/c11-8-1-2-9(12)10(7-8)13-3-5-16(14,15)6-4-13/h1-2,7H,3-6,12H2. The predicted molar refractivity (Wildman–Crippen MR) is 66.7 cm³/mol. The van der Waals surface area contributed by atoms with Gasteiger partial charge >= 0.3 is 0 Å². The van der Waals surface area contributed by atoms with Gasteiger partial charge in [0.25, 0.3) is 0 Å². The van der Waals surface area contributed by atoms with Gasteiger partial charge in [-0.2, -0.15) is 0 Å². The number of sulfone groups is 1. The van der Waals surface area contributed by atoms with Gasteiger partial charge in [0.15, 0.2) is 9.84 Å². The minimum Gasteiger partial charge on any atom is -0.397 e. The van der Waals surface area contributed by atoms with Crippen LogP contribution in [0, 0.1) is 0 Å². The fourth-order valence-electron chi connectivity index (χ4n) is 1.74. The Morgan fingerprint density at radius 2 is 1.88 bits per heavy atom. The van der Waals surface area contributed by atoms with Crippen molar-refractivity contribution in [2.75, 3.05) is 35.2 Å². The van der Waals surface area contributed by atoms with Gasteiger partial charge in [-0.15, -0.1) is 0 Å². The molecular formula is C10H13ClN2O2S. The maximum Gasteiger partial charge on any atom is 0.153 e. The molecule has 1 aromatic rings. The Labute approximate surface area is 99.9 Å². The van der Waals surface area contributed by atoms with E-state index in [1.165, 1.54) is 0 Å². The van der Waals surface area contributed by atoms with Crippen LogP contribution in [0.3, 0.4) is 0 Å². The van der Waals surface area contributed by atoms with Crippen LogP contribution >= 0.6 is 11.6 Å². The van der Waals surface area contributed by atoms with Gasteiger partial charge in [0.05, 0.1) is 22.9 Å². The van der Waals surface area contributed by atoms with Crippen molar-refractivity contribution >= 4 is 32.8 Å². The molecule has 0 unspecified atom stereocenters. The van der Waals surface area contributed by atoms with E-state index >= 15 is 0 Å². The van der Waals surface area contributed by atoms with Crippen molar-refractivity contribution in [1.29, 1.82) is 0 Å². The number of rotatable bonds is 1. The zero-order valence-electron chi connectivity index (χ0n) is 8.69. The quantitative estimate of drug-likeness (QED) is 0.770. The van der Waals surface area contributed by atoms with Crippen LogP contribution in [0.2, 0.25) is 5.02 Å². The molecule has 1 aliphatic rings. The Hall–Kier alpha value is -0.940. The summed E-state index contributed by atoms with van der Waals surface area (Å²) < 4.78 is 22.6. The van der Waals surface area contributed by atoms with Crippen LogP contribution in [0.4, 0.5) is 11.4 Å². The van der Waals surface area contributed by atoms with Crippen molar-refractivity contribution in [3.05, 3.63) is 23.2 Å². The largest absolute Gasteiger partial charge is 0.397 e. The van der Waals surface area contributed by atoms with Crippen LogP contribution in [0.15, 0.2) is 18.2 Å². The van der Waals surface area contributed by atoms with Gasteiger partial charge in [-0.05, 0) is 18.2 Å². The van der Waals surface area contributed by atoms with E-state index in [1.807, 2.05) is 4.90 Å². The topological polar surface area (TPSA) is 63.4 Å². The number of benzene rings is 1. The van der Waals surface area contributed by atoms with Crippen LogP contribution in [0.1, 0.15) is 0 Å². The second kappa shape index (κ2) is 4.14. The summed E-state index contributed by atoms with van der Waals surface area (Å²) in [7, 11) is -2.86. The number of nitrogen functional groups attached to an aromatic ring is 1. The smallest absolute Gasteiger partial charge is 0.153 e. The molecule has 1 aromatic carbocycles. The summed E-state index contributed by atoms with van der Waals surface area (Å²) in [6.45, 7) is 0.958. The highest BCUT2D eigenvalue weighted by atomic mass is 35.5. The Bertz CT molecular complexity index is 488. The third kappa shape index (κ3) is 2.41. The molecule has 0 spiro atoms. The van der Waals surface area contributed by atoms with Gasteiger partial charge in [0, 0.05) is 18.1 Å². The minimum absolute atomic E-state index is 0.180. The molecule has 1 aliphatic heterocycles. The van der Waals surface area contributed by atoms with E-state index in [0.717, 1.165) is 5.69 Å². The summed E-state index contributed by atoms with van der Waals surface area (Å²) in [5, 5.41) is 0.609. The van der Waals surface area contributed by atoms with E-state index < -0.39 is 9.84 Å². The molecule has 4 nitrogen and oxygen atoms in total. The van der Waals surface area contributed by atoms with Crippen LogP contribution in [0.25, 0.3) is 0 Å². The van der Waals surface area contributed by atoms with Crippen molar-refractivity contribution in [2.24, 2.45) is 0 Å². The summed E-state index contributed by atoms with van der Waals surface area (Å²) >= 11 is 5.89. The average molecular weight is 261 g/mol. The molecule has 0 saturated carbocycles. The maximum absolute atomic E-state index is 11.3. The molecule has 2 N–H and O–H groups in total. The second-order valence-corrected chi connectivity index (χ2v) is 6.58. The summed E-state index contributed by atoms with van der Waals surface area (Å²) in [5.41, 5.74) is 7.29. The maximum atomic E-state index is 11.3. The number of nitrogens with zero attached hydrogens (tertiary/aromatic N) is 1. The molecule has 0 radical (unpaired) electrons. The van der Waals surface area contributed by atoms with E-state index in [9.17, 15) is 8.42 Å². The predicted octanol–water partition coefficient (Wildman–Crippen LogP) is 1.16. The molecule has 1 fully saturated rings. The number of halogens is 1. The molecule has 6 heteroatoms. The molecule has 1 heterocycles. The van der Waals surface area contributed by atoms with Crippen LogP contribution in [0.5, 0.6) is 0 Å². The molecule has 1 saturated heterocycles. The molecule has 88 valence electrons. The van der Waals surface area contributed by atoms with E-state index in [2.05, 4.69) is 0 Å². The van der Waals surface area contributed by atoms with Gasteiger partial charge in [-0.1, -0.05) is 11.6 Å². The number of nitrogens with two attached hydrogens (primary N) is 1. The third-order valence-corrected chi connectivity index (χ3v) is 4.52. The van der Waals surface area contributed by atoms with E-state index in [0.29, 0.717) is 23.8 Å². The second-order valence-electron chi connectivity index (χ2n) is 3.84. The van der Waals surface area contributed by atoms with Crippen molar-refractivity contribution in [2.45, 2.75) is 0 Å². The van der Waals surface area contributed by atoms with Gasteiger partial charge in [-0.3, -0.25) is 0 Å². The molecular weight excluding hydrogens is 248 g/mol. The fourth-order valence-corrected chi connectivity index (χ4v) is 3.11. The Morgan fingerprint density at radius 1 is 1.25 bits per heavy atom. The lowest BCUT2D eigenvalue weighted by Crippen LogP contribution is -2.40. The monoisotopic (exact) mass is 260 g/mol. The highest BCUT2D eigenvalue weighted by Gasteiger charge is 2.22. The molecule has 0 aromatic heterocycles. The normalized spacial score (nSPS) is 19.7. The zero-order chi connectivity index (χ0) is 11.8. The Balaban J connectivity index is 2.23. The van der Waals surface area contributed by atoms with E-state index in [-0.39, 0.29) is 11.5 Å². The lowest BCUT2D eigenvalue weighted by Gasteiger charge is -2.29. The molecule has 0 aliphatic carbocycles. The average Bonchev–Trinajstić information content (AvgIpc) is 2.22.